The first-order valence-corrected chi connectivity index (χ1v) is 5.33. The van der Waals surface area contributed by atoms with Crippen LogP contribution >= 0.6 is 0 Å². The fourth-order valence-electron chi connectivity index (χ4n) is 0.833. The quantitative estimate of drug-likeness (QED) is 0.483. The molecule has 2 N–H and O–H groups in total. The summed E-state index contributed by atoms with van der Waals surface area (Å²) in [7, 11) is -3.96. The summed E-state index contributed by atoms with van der Waals surface area (Å²) in [6.07, 6.45) is 2.66. The minimum Gasteiger partial charge on any atom is -0.296 e. The monoisotopic (exact) mass is 193 g/mol. The van der Waals surface area contributed by atoms with E-state index in [0.717, 1.165) is 0 Å². The van der Waals surface area contributed by atoms with Crippen LogP contribution in [0.25, 0.3) is 0 Å². The van der Waals surface area contributed by atoms with Gasteiger partial charge in [-0.3, -0.25) is 9.87 Å². The smallest absolute Gasteiger partial charge is 0.281 e. The Morgan fingerprint density at radius 1 is 1.67 bits per heavy atom. The Balaban J connectivity index is 4.13. The van der Waals surface area contributed by atoms with Crippen LogP contribution in [0.4, 0.5) is 0 Å². The van der Waals surface area contributed by atoms with Crippen LogP contribution in [0.2, 0.25) is 0 Å². The Hall–Kier alpha value is -0.390. The molecule has 72 valence electrons. The van der Waals surface area contributed by atoms with Crippen molar-refractivity contribution < 1.29 is 13.0 Å². The SMILES string of the molecule is C=CCNC(CCC)S(=O)(=O)O. The molecule has 0 saturated carbocycles. The van der Waals surface area contributed by atoms with Crippen molar-refractivity contribution >= 4 is 10.1 Å². The van der Waals surface area contributed by atoms with Gasteiger partial charge in [0.05, 0.1) is 0 Å². The maximum Gasteiger partial charge on any atom is 0.281 e. The van der Waals surface area contributed by atoms with Gasteiger partial charge in [-0.1, -0.05) is 19.4 Å². The van der Waals surface area contributed by atoms with Gasteiger partial charge in [0.1, 0.15) is 5.37 Å². The fraction of sp³-hybridized carbons (Fsp3) is 0.714. The molecule has 5 heteroatoms. The molecule has 0 aliphatic heterocycles. The van der Waals surface area contributed by atoms with Crippen LogP contribution in [0.3, 0.4) is 0 Å². The summed E-state index contributed by atoms with van der Waals surface area (Å²) in [4.78, 5) is 0. The van der Waals surface area contributed by atoms with Gasteiger partial charge in [0.15, 0.2) is 0 Å². The predicted octanol–water partition coefficient (Wildman–Crippen LogP) is 0.776. The zero-order valence-electron chi connectivity index (χ0n) is 7.16. The van der Waals surface area contributed by atoms with Crippen molar-refractivity contribution in [3.8, 4) is 0 Å². The van der Waals surface area contributed by atoms with Crippen molar-refractivity contribution in [1.82, 2.24) is 5.32 Å². The zero-order valence-corrected chi connectivity index (χ0v) is 7.97. The van der Waals surface area contributed by atoms with Gasteiger partial charge in [0.2, 0.25) is 0 Å². The summed E-state index contributed by atoms with van der Waals surface area (Å²) in [6.45, 7) is 5.67. The number of nitrogens with one attached hydrogen (secondary N) is 1. The maximum atomic E-state index is 10.7. The molecule has 0 aromatic heterocycles. The van der Waals surface area contributed by atoms with Gasteiger partial charge in [-0.25, -0.2) is 0 Å². The Morgan fingerprint density at radius 3 is 2.58 bits per heavy atom. The third-order valence-corrected chi connectivity index (χ3v) is 2.52. The minimum atomic E-state index is -3.96. The molecule has 0 bridgehead atoms. The molecule has 1 unspecified atom stereocenters. The summed E-state index contributed by atoms with van der Waals surface area (Å²) >= 11 is 0. The lowest BCUT2D eigenvalue weighted by molar-refractivity contribution is 0.445. The molecule has 0 aromatic carbocycles. The molecule has 0 heterocycles. The van der Waals surface area contributed by atoms with E-state index in [9.17, 15) is 8.42 Å². The van der Waals surface area contributed by atoms with Crippen LogP contribution in [0.15, 0.2) is 12.7 Å². The standard InChI is InChI=1S/C7H15NO3S/c1-3-5-7(8-6-4-2)12(9,10)11/h4,7-8H,2-3,5-6H2,1H3,(H,9,10,11). The van der Waals surface area contributed by atoms with Gasteiger partial charge >= 0.3 is 0 Å². The van der Waals surface area contributed by atoms with Crippen LogP contribution < -0.4 is 5.32 Å². The van der Waals surface area contributed by atoms with Crippen molar-refractivity contribution in [2.24, 2.45) is 0 Å². The van der Waals surface area contributed by atoms with Crippen LogP contribution in [-0.2, 0) is 10.1 Å². The van der Waals surface area contributed by atoms with E-state index in [-0.39, 0.29) is 0 Å². The van der Waals surface area contributed by atoms with Gasteiger partial charge < -0.3 is 0 Å². The summed E-state index contributed by atoms with van der Waals surface area (Å²) in [6, 6.07) is 0. The van der Waals surface area contributed by atoms with Crippen LogP contribution in [-0.4, -0.2) is 24.9 Å². The lowest BCUT2D eigenvalue weighted by Crippen LogP contribution is -2.36. The van der Waals surface area contributed by atoms with E-state index in [1.54, 1.807) is 6.08 Å². The summed E-state index contributed by atoms with van der Waals surface area (Å²) < 4.78 is 30.1. The number of hydrogen-bond donors (Lipinski definition) is 2. The molecule has 0 aliphatic rings. The minimum absolute atomic E-state index is 0.379. The van der Waals surface area contributed by atoms with Gasteiger partial charge in [0, 0.05) is 6.54 Å². The highest BCUT2D eigenvalue weighted by atomic mass is 32.2. The molecule has 0 spiro atoms. The van der Waals surface area contributed by atoms with Gasteiger partial charge in [-0.15, -0.1) is 6.58 Å². The second kappa shape index (κ2) is 5.29. The first-order valence-electron chi connectivity index (χ1n) is 3.83. The fourth-order valence-corrected chi connectivity index (χ4v) is 1.67. The van der Waals surface area contributed by atoms with Gasteiger partial charge in [-0.2, -0.15) is 8.42 Å². The average Bonchev–Trinajstić information content (AvgIpc) is 1.95. The second-order valence-corrected chi connectivity index (χ2v) is 4.09. The number of hydrogen-bond acceptors (Lipinski definition) is 3. The largest absolute Gasteiger partial charge is 0.296 e. The van der Waals surface area contributed by atoms with Crippen molar-refractivity contribution in [3.63, 3.8) is 0 Å². The molecule has 0 saturated heterocycles. The van der Waals surface area contributed by atoms with E-state index in [0.29, 0.717) is 19.4 Å². The third kappa shape index (κ3) is 4.48. The molecular weight excluding hydrogens is 178 g/mol. The van der Waals surface area contributed by atoms with Crippen molar-refractivity contribution in [3.05, 3.63) is 12.7 Å². The van der Waals surface area contributed by atoms with E-state index >= 15 is 0 Å². The molecule has 0 aromatic rings. The zero-order chi connectivity index (χ0) is 9.61. The van der Waals surface area contributed by atoms with Crippen LogP contribution in [0, 0.1) is 0 Å². The highest BCUT2D eigenvalue weighted by molar-refractivity contribution is 7.86. The molecule has 0 rings (SSSR count). The van der Waals surface area contributed by atoms with Crippen LogP contribution in [0.5, 0.6) is 0 Å². The lowest BCUT2D eigenvalue weighted by Gasteiger charge is -2.12. The molecule has 12 heavy (non-hydrogen) atoms. The Kier molecular flexibility index (Phi) is 5.12. The van der Waals surface area contributed by atoms with Gasteiger partial charge in [0.25, 0.3) is 10.1 Å². The van der Waals surface area contributed by atoms with Crippen molar-refractivity contribution in [1.29, 1.82) is 0 Å². The first kappa shape index (κ1) is 11.6. The Morgan fingerprint density at radius 2 is 2.25 bits per heavy atom. The lowest BCUT2D eigenvalue weighted by atomic mass is 10.3. The third-order valence-electron chi connectivity index (χ3n) is 1.40. The van der Waals surface area contributed by atoms with Crippen LogP contribution in [0.1, 0.15) is 19.8 Å². The summed E-state index contributed by atoms with van der Waals surface area (Å²) in [5.41, 5.74) is 0. The van der Waals surface area contributed by atoms with E-state index in [1.807, 2.05) is 6.92 Å². The topological polar surface area (TPSA) is 66.4 Å². The van der Waals surface area contributed by atoms with Crippen molar-refractivity contribution in [2.45, 2.75) is 25.1 Å². The molecular formula is C7H15NO3S. The Labute approximate surface area is 73.4 Å². The summed E-state index contributed by atoms with van der Waals surface area (Å²) in [5, 5.41) is 1.79. The van der Waals surface area contributed by atoms with E-state index in [1.165, 1.54) is 0 Å². The molecule has 0 amide bonds. The molecule has 1 atom stereocenters. The highest BCUT2D eigenvalue weighted by Crippen LogP contribution is 2.02. The highest BCUT2D eigenvalue weighted by Gasteiger charge is 2.19. The van der Waals surface area contributed by atoms with Crippen molar-refractivity contribution in [2.75, 3.05) is 6.54 Å². The normalized spacial score (nSPS) is 14.2. The van der Waals surface area contributed by atoms with E-state index in [4.69, 9.17) is 4.55 Å². The van der Waals surface area contributed by atoms with E-state index < -0.39 is 15.5 Å². The maximum absolute atomic E-state index is 10.7. The van der Waals surface area contributed by atoms with Gasteiger partial charge in [-0.05, 0) is 6.42 Å². The predicted molar refractivity (Wildman–Crippen MR) is 48.4 cm³/mol. The molecule has 0 fully saturated rings. The second-order valence-electron chi connectivity index (χ2n) is 2.49. The molecule has 0 radical (unpaired) electrons. The molecule has 4 nitrogen and oxygen atoms in total. The first-order chi connectivity index (χ1) is 5.52. The number of rotatable bonds is 6. The average molecular weight is 193 g/mol. The Bertz CT molecular complexity index is 223. The molecule has 0 aliphatic carbocycles. The summed E-state index contributed by atoms with van der Waals surface area (Å²) in [5.74, 6) is 0. The van der Waals surface area contributed by atoms with E-state index in [2.05, 4.69) is 11.9 Å².